The lowest BCUT2D eigenvalue weighted by molar-refractivity contribution is -0.124. The van der Waals surface area contributed by atoms with Crippen molar-refractivity contribution in [2.75, 3.05) is 19.1 Å². The van der Waals surface area contributed by atoms with Crippen LogP contribution in [0.25, 0.3) is 0 Å². The molecule has 27 heavy (non-hydrogen) atoms. The van der Waals surface area contributed by atoms with Crippen LogP contribution in [0.5, 0.6) is 11.5 Å². The second-order valence-electron chi connectivity index (χ2n) is 5.83. The Balaban J connectivity index is 1.57. The zero-order valence-electron chi connectivity index (χ0n) is 14.3. The number of hydrogen-bond acceptors (Lipinski definition) is 6. The molecule has 1 heterocycles. The molecule has 0 saturated heterocycles. The highest BCUT2D eigenvalue weighted by atomic mass is 35.5. The minimum absolute atomic E-state index is 0.00381. The number of nitrogen functional groups attached to an aromatic ring is 1. The molecule has 0 fully saturated rings. The maximum atomic E-state index is 12.1. The van der Waals surface area contributed by atoms with E-state index in [1.807, 2.05) is 6.07 Å². The van der Waals surface area contributed by atoms with Gasteiger partial charge in [-0.1, -0.05) is 29.3 Å². The Labute approximate surface area is 165 Å². The third-order valence-corrected chi connectivity index (χ3v) is 4.45. The van der Waals surface area contributed by atoms with Crippen molar-refractivity contribution >= 4 is 40.8 Å². The number of amides is 1. The molecule has 2 aromatic carbocycles. The molecule has 0 spiro atoms. The van der Waals surface area contributed by atoms with Crippen molar-refractivity contribution in [3.8, 4) is 11.5 Å². The highest BCUT2D eigenvalue weighted by molar-refractivity contribution is 6.37. The summed E-state index contributed by atoms with van der Waals surface area (Å²) >= 11 is 11.7. The Kier molecular flexibility index (Phi) is 5.62. The normalized spacial score (nSPS) is 13.1. The monoisotopic (exact) mass is 410 g/mol. The van der Waals surface area contributed by atoms with Crippen LogP contribution in [0, 0.1) is 0 Å². The lowest BCUT2D eigenvalue weighted by atomic mass is 10.1. The van der Waals surface area contributed by atoms with Crippen LogP contribution < -0.4 is 20.5 Å². The van der Waals surface area contributed by atoms with Gasteiger partial charge < -0.3 is 25.3 Å². The summed E-state index contributed by atoms with van der Waals surface area (Å²) in [6.07, 6.45) is 0. The zero-order chi connectivity index (χ0) is 19.6. The van der Waals surface area contributed by atoms with Gasteiger partial charge in [0.2, 0.25) is 6.79 Å². The highest BCUT2D eigenvalue weighted by Crippen LogP contribution is 2.34. The second kappa shape index (κ2) is 7.94. The molecule has 7 nitrogen and oxygen atoms in total. The third-order valence-electron chi connectivity index (χ3n) is 3.92. The third kappa shape index (κ3) is 4.37. The largest absolute Gasteiger partial charge is 0.454 e. The van der Waals surface area contributed by atoms with E-state index >= 15 is 0 Å². The summed E-state index contributed by atoms with van der Waals surface area (Å²) in [7, 11) is 0. The molecule has 1 aliphatic rings. The number of esters is 1. The molecule has 3 N–H and O–H groups in total. The van der Waals surface area contributed by atoms with Crippen LogP contribution in [0.15, 0.2) is 30.3 Å². The number of nitrogens with one attached hydrogen (secondary N) is 1. The zero-order valence-corrected chi connectivity index (χ0v) is 15.8. The van der Waals surface area contributed by atoms with Crippen molar-refractivity contribution in [1.82, 2.24) is 5.32 Å². The molecule has 9 heteroatoms. The number of anilines is 1. The number of fused-ring (bicyclic) bond motifs is 1. The summed E-state index contributed by atoms with van der Waals surface area (Å²) in [5, 5.41) is 3.11. The van der Waals surface area contributed by atoms with Crippen molar-refractivity contribution in [1.29, 1.82) is 0 Å². The fraction of sp³-hybridized carbons (Fsp3) is 0.222. The molecule has 0 saturated carbocycles. The molecule has 0 unspecified atom stereocenters. The molecule has 1 amide bonds. The minimum atomic E-state index is -0.789. The van der Waals surface area contributed by atoms with Gasteiger partial charge in [0.15, 0.2) is 18.1 Å². The molecule has 1 atom stereocenters. The Hall–Kier alpha value is -2.64. The van der Waals surface area contributed by atoms with E-state index in [1.165, 1.54) is 12.1 Å². The molecule has 0 radical (unpaired) electrons. The number of carbonyl (C=O) groups is 2. The van der Waals surface area contributed by atoms with E-state index in [9.17, 15) is 9.59 Å². The average molecular weight is 411 g/mol. The van der Waals surface area contributed by atoms with Crippen LogP contribution in [0.4, 0.5) is 5.69 Å². The lowest BCUT2D eigenvalue weighted by Gasteiger charge is -2.15. The van der Waals surface area contributed by atoms with Gasteiger partial charge in [-0.05, 0) is 36.8 Å². The maximum absolute atomic E-state index is 12.1. The summed E-state index contributed by atoms with van der Waals surface area (Å²) < 4.78 is 15.6. The van der Waals surface area contributed by atoms with Crippen molar-refractivity contribution < 1.29 is 23.8 Å². The van der Waals surface area contributed by atoms with E-state index in [-0.39, 0.29) is 34.1 Å². The number of rotatable bonds is 5. The van der Waals surface area contributed by atoms with Gasteiger partial charge >= 0.3 is 5.97 Å². The Morgan fingerprint density at radius 1 is 1.22 bits per heavy atom. The number of ether oxygens (including phenoxy) is 3. The Morgan fingerprint density at radius 3 is 2.74 bits per heavy atom. The Bertz CT molecular complexity index is 904. The SMILES string of the molecule is C[C@@H](NC(=O)COC(=O)c1cc(Cl)cc(Cl)c1N)c1ccc2c(c1)OCO2. The molecule has 3 rings (SSSR count). The van der Waals surface area contributed by atoms with Crippen LogP contribution >= 0.6 is 23.2 Å². The number of hydrogen-bond donors (Lipinski definition) is 2. The summed E-state index contributed by atoms with van der Waals surface area (Å²) in [6.45, 7) is 1.50. The second-order valence-corrected chi connectivity index (χ2v) is 6.67. The van der Waals surface area contributed by atoms with E-state index < -0.39 is 18.5 Å². The van der Waals surface area contributed by atoms with Crippen molar-refractivity contribution in [3.05, 3.63) is 51.5 Å². The number of carbonyl (C=O) groups excluding carboxylic acids is 2. The fourth-order valence-electron chi connectivity index (χ4n) is 2.51. The summed E-state index contributed by atoms with van der Waals surface area (Å²) in [5.74, 6) is 0.0142. The Morgan fingerprint density at radius 2 is 1.96 bits per heavy atom. The molecule has 0 aliphatic carbocycles. The van der Waals surface area contributed by atoms with Crippen molar-refractivity contribution in [2.24, 2.45) is 0 Å². The van der Waals surface area contributed by atoms with Crippen molar-refractivity contribution in [2.45, 2.75) is 13.0 Å². The van der Waals surface area contributed by atoms with Gasteiger partial charge in [0.1, 0.15) is 0 Å². The standard InChI is InChI=1S/C18H16Cl2N2O5/c1-9(10-2-3-14-15(4-10)27-8-26-14)22-16(23)7-25-18(24)12-5-11(19)6-13(20)17(12)21/h2-6,9H,7-8,21H2,1H3,(H,22,23)/t9-/m1/s1. The quantitative estimate of drug-likeness (QED) is 0.578. The summed E-state index contributed by atoms with van der Waals surface area (Å²) in [4.78, 5) is 24.2. The molecule has 142 valence electrons. The molecule has 0 bridgehead atoms. The average Bonchev–Trinajstić information content (AvgIpc) is 3.10. The van der Waals surface area contributed by atoms with Gasteiger partial charge in [-0.2, -0.15) is 0 Å². The predicted molar refractivity (Wildman–Crippen MR) is 100 cm³/mol. The number of nitrogens with two attached hydrogens (primary N) is 1. The van der Waals surface area contributed by atoms with Crippen LogP contribution in [0.3, 0.4) is 0 Å². The van der Waals surface area contributed by atoms with Crippen LogP contribution in [-0.2, 0) is 9.53 Å². The first-order valence-electron chi connectivity index (χ1n) is 7.95. The first kappa shape index (κ1) is 19.1. The first-order chi connectivity index (χ1) is 12.8. The van der Waals surface area contributed by atoms with Gasteiger partial charge in [-0.25, -0.2) is 4.79 Å². The van der Waals surface area contributed by atoms with Crippen LogP contribution in [0.2, 0.25) is 10.0 Å². The summed E-state index contributed by atoms with van der Waals surface area (Å²) in [5.41, 5.74) is 6.62. The van der Waals surface area contributed by atoms with E-state index in [0.29, 0.717) is 11.5 Å². The van der Waals surface area contributed by atoms with Crippen LogP contribution in [0.1, 0.15) is 28.9 Å². The molecule has 2 aromatic rings. The van der Waals surface area contributed by atoms with E-state index in [1.54, 1.807) is 19.1 Å². The van der Waals surface area contributed by atoms with Gasteiger partial charge in [-0.15, -0.1) is 0 Å². The maximum Gasteiger partial charge on any atom is 0.340 e. The number of halogens is 2. The fourth-order valence-corrected chi connectivity index (χ4v) is 3.00. The minimum Gasteiger partial charge on any atom is -0.454 e. The van der Waals surface area contributed by atoms with E-state index in [2.05, 4.69) is 5.32 Å². The topological polar surface area (TPSA) is 99.9 Å². The van der Waals surface area contributed by atoms with E-state index in [0.717, 1.165) is 5.56 Å². The smallest absolute Gasteiger partial charge is 0.340 e. The van der Waals surface area contributed by atoms with Gasteiger partial charge in [0, 0.05) is 5.02 Å². The highest BCUT2D eigenvalue weighted by Gasteiger charge is 2.19. The van der Waals surface area contributed by atoms with E-state index in [4.69, 9.17) is 43.1 Å². The lowest BCUT2D eigenvalue weighted by Crippen LogP contribution is -2.31. The number of benzene rings is 2. The predicted octanol–water partition coefficient (Wildman–Crippen LogP) is 3.34. The molecule has 0 aromatic heterocycles. The molecular formula is C18H16Cl2N2O5. The van der Waals surface area contributed by atoms with Crippen molar-refractivity contribution in [3.63, 3.8) is 0 Å². The summed E-state index contributed by atoms with van der Waals surface area (Å²) in [6, 6.07) is 7.79. The van der Waals surface area contributed by atoms with Gasteiger partial charge in [-0.3, -0.25) is 4.79 Å². The van der Waals surface area contributed by atoms with Gasteiger partial charge in [0.05, 0.1) is 22.3 Å². The van der Waals surface area contributed by atoms with Crippen LogP contribution in [-0.4, -0.2) is 25.3 Å². The first-order valence-corrected chi connectivity index (χ1v) is 8.71. The van der Waals surface area contributed by atoms with Gasteiger partial charge in [0.25, 0.3) is 5.91 Å². The molecule has 1 aliphatic heterocycles. The molecular weight excluding hydrogens is 395 g/mol.